The quantitative estimate of drug-likeness (QED) is 0.656. The van der Waals surface area contributed by atoms with Crippen LogP contribution in [0.2, 0.25) is 5.02 Å². The molecule has 0 unspecified atom stereocenters. The molecule has 2 aromatic rings. The maximum Gasteiger partial charge on any atom is 0.303 e. The van der Waals surface area contributed by atoms with Crippen LogP contribution >= 0.6 is 11.6 Å². The summed E-state index contributed by atoms with van der Waals surface area (Å²) in [6.45, 7) is 2.47. The van der Waals surface area contributed by atoms with Crippen LogP contribution < -0.4 is 9.64 Å². The fraction of sp³-hybridized carbons (Fsp3) is 0.391. The predicted molar refractivity (Wildman–Crippen MR) is 117 cm³/mol. The molecule has 3 rings (SSSR count). The molecule has 0 N–H and O–H groups in total. The van der Waals surface area contributed by atoms with Crippen molar-refractivity contribution >= 4 is 29.2 Å². The van der Waals surface area contributed by atoms with Gasteiger partial charge in [-0.25, -0.2) is 0 Å². The smallest absolute Gasteiger partial charge is 0.303 e. The van der Waals surface area contributed by atoms with Crippen LogP contribution in [0.15, 0.2) is 42.5 Å². The summed E-state index contributed by atoms with van der Waals surface area (Å²) in [6.07, 6.45) is -0.437. The second-order valence-electron chi connectivity index (χ2n) is 7.68. The normalized spacial score (nSPS) is 18.7. The average molecular weight is 431 g/mol. The Morgan fingerprint density at radius 1 is 1.23 bits per heavy atom. The molecule has 2 aromatic carbocycles. The van der Waals surface area contributed by atoms with Crippen molar-refractivity contribution in [1.82, 2.24) is 4.90 Å². The van der Waals surface area contributed by atoms with Gasteiger partial charge in [-0.1, -0.05) is 23.7 Å². The maximum atomic E-state index is 13.6. The molecule has 6 nitrogen and oxygen atoms in total. The highest BCUT2D eigenvalue weighted by molar-refractivity contribution is 6.30. The van der Waals surface area contributed by atoms with E-state index in [2.05, 4.69) is 0 Å². The third-order valence-corrected chi connectivity index (χ3v) is 5.47. The first kappa shape index (κ1) is 22.1. The highest BCUT2D eigenvalue weighted by atomic mass is 35.5. The summed E-state index contributed by atoms with van der Waals surface area (Å²) in [5.74, 6) is -0.404. The Morgan fingerprint density at radius 2 is 2.00 bits per heavy atom. The second-order valence-corrected chi connectivity index (χ2v) is 8.12. The van der Waals surface area contributed by atoms with Gasteiger partial charge in [-0.15, -0.1) is 0 Å². The van der Waals surface area contributed by atoms with Crippen molar-refractivity contribution in [1.29, 1.82) is 0 Å². The fourth-order valence-electron chi connectivity index (χ4n) is 3.78. The van der Waals surface area contributed by atoms with E-state index < -0.39 is 12.1 Å². The number of carbonyl (C=O) groups is 2. The number of rotatable bonds is 6. The minimum Gasteiger partial charge on any atom is -0.497 e. The lowest BCUT2D eigenvalue weighted by atomic mass is 9.87. The number of anilines is 1. The molecule has 1 aliphatic heterocycles. The van der Waals surface area contributed by atoms with Crippen molar-refractivity contribution in [2.24, 2.45) is 0 Å². The molecule has 1 amide bonds. The lowest BCUT2D eigenvalue weighted by Gasteiger charge is -2.29. The average Bonchev–Trinajstić information content (AvgIpc) is 2.81. The molecule has 0 spiro atoms. The third kappa shape index (κ3) is 4.94. The van der Waals surface area contributed by atoms with Gasteiger partial charge in [0, 0.05) is 36.6 Å². The van der Waals surface area contributed by atoms with Crippen molar-refractivity contribution in [3.63, 3.8) is 0 Å². The lowest BCUT2D eigenvalue weighted by molar-refractivity contribution is -0.154. The third-order valence-electron chi connectivity index (χ3n) is 5.23. The van der Waals surface area contributed by atoms with Crippen LogP contribution in [0.25, 0.3) is 0 Å². The topological polar surface area (TPSA) is 59.1 Å². The summed E-state index contributed by atoms with van der Waals surface area (Å²) < 4.78 is 11.0. The van der Waals surface area contributed by atoms with E-state index in [-0.39, 0.29) is 11.8 Å². The summed E-state index contributed by atoms with van der Waals surface area (Å²) in [7, 11) is 5.50. The fourth-order valence-corrected chi connectivity index (χ4v) is 3.97. The van der Waals surface area contributed by atoms with E-state index in [1.165, 1.54) is 6.92 Å². The van der Waals surface area contributed by atoms with E-state index in [0.29, 0.717) is 30.3 Å². The Labute approximate surface area is 182 Å². The van der Waals surface area contributed by atoms with E-state index in [1.54, 1.807) is 18.1 Å². The van der Waals surface area contributed by atoms with Crippen molar-refractivity contribution < 1.29 is 19.1 Å². The minimum atomic E-state index is -0.942. The molecule has 160 valence electrons. The van der Waals surface area contributed by atoms with Crippen LogP contribution in [0.1, 0.15) is 24.0 Å². The Kier molecular flexibility index (Phi) is 7.00. The molecule has 0 aromatic heterocycles. The van der Waals surface area contributed by atoms with Crippen LogP contribution in [0.3, 0.4) is 0 Å². The van der Waals surface area contributed by atoms with E-state index >= 15 is 0 Å². The monoisotopic (exact) mass is 430 g/mol. The van der Waals surface area contributed by atoms with E-state index in [4.69, 9.17) is 21.1 Å². The van der Waals surface area contributed by atoms with Gasteiger partial charge in [0.15, 0.2) is 6.10 Å². The first-order valence-electron chi connectivity index (χ1n) is 9.86. The number of halogens is 1. The zero-order valence-corrected chi connectivity index (χ0v) is 18.5. The molecule has 0 aliphatic carbocycles. The molecule has 0 radical (unpaired) electrons. The Hall–Kier alpha value is -2.57. The van der Waals surface area contributed by atoms with Gasteiger partial charge in [0.05, 0.1) is 7.11 Å². The first-order valence-corrected chi connectivity index (χ1v) is 10.2. The molecule has 1 heterocycles. The van der Waals surface area contributed by atoms with Gasteiger partial charge in [-0.05, 0) is 62.0 Å². The molecule has 0 fully saturated rings. The second kappa shape index (κ2) is 9.49. The summed E-state index contributed by atoms with van der Waals surface area (Å²) in [5, 5.41) is 0.601. The summed E-state index contributed by atoms with van der Waals surface area (Å²) in [4.78, 5) is 29.3. The largest absolute Gasteiger partial charge is 0.497 e. The number of fused-ring (bicyclic) bond motifs is 1. The Bertz CT molecular complexity index is 931. The number of benzene rings is 2. The van der Waals surface area contributed by atoms with Gasteiger partial charge >= 0.3 is 5.97 Å². The Balaban J connectivity index is 2.12. The molecule has 2 atom stereocenters. The zero-order chi connectivity index (χ0) is 21.8. The Morgan fingerprint density at radius 3 is 2.67 bits per heavy atom. The standard InChI is InChI=1S/C23H27ClN2O4/c1-15(27)30-22-20(16-6-5-7-19(13-16)29-4)14-17-12-18(24)8-9-21(17)26(23(22)28)11-10-25(2)3/h5-9,12-13,20,22H,10-11,14H2,1-4H3/t20-,22+/m1/s1. The molecular weight excluding hydrogens is 404 g/mol. The van der Waals surface area contributed by atoms with Crippen LogP contribution in [0.5, 0.6) is 5.75 Å². The van der Waals surface area contributed by atoms with Crippen LogP contribution in [-0.4, -0.2) is 57.2 Å². The molecule has 0 saturated heterocycles. The van der Waals surface area contributed by atoms with E-state index in [0.717, 1.165) is 16.8 Å². The van der Waals surface area contributed by atoms with Crippen molar-refractivity contribution in [2.75, 3.05) is 39.2 Å². The highest BCUT2D eigenvalue weighted by Gasteiger charge is 2.40. The van der Waals surface area contributed by atoms with Gasteiger partial charge < -0.3 is 19.3 Å². The maximum absolute atomic E-state index is 13.6. The van der Waals surface area contributed by atoms with Crippen molar-refractivity contribution in [3.05, 3.63) is 58.6 Å². The minimum absolute atomic E-state index is 0.235. The van der Waals surface area contributed by atoms with Gasteiger partial charge in [-0.3, -0.25) is 9.59 Å². The van der Waals surface area contributed by atoms with Gasteiger partial charge in [-0.2, -0.15) is 0 Å². The molecular formula is C23H27ClN2O4. The number of hydrogen-bond donors (Lipinski definition) is 0. The number of nitrogens with zero attached hydrogens (tertiary/aromatic N) is 2. The van der Waals surface area contributed by atoms with Crippen LogP contribution in [0.4, 0.5) is 5.69 Å². The van der Waals surface area contributed by atoms with Gasteiger partial charge in [0.1, 0.15) is 5.75 Å². The molecule has 1 aliphatic rings. The summed E-state index contributed by atoms with van der Waals surface area (Å²) >= 11 is 6.29. The predicted octanol–water partition coefficient (Wildman–Crippen LogP) is 3.51. The summed E-state index contributed by atoms with van der Waals surface area (Å²) in [5.41, 5.74) is 2.61. The number of likely N-dealkylation sites (N-methyl/N-ethyl adjacent to an activating group) is 1. The number of ether oxygens (including phenoxy) is 2. The highest BCUT2D eigenvalue weighted by Crippen LogP contribution is 2.38. The number of methoxy groups -OCH3 is 1. The first-order chi connectivity index (χ1) is 14.3. The number of esters is 1. The van der Waals surface area contributed by atoms with E-state index in [9.17, 15) is 9.59 Å². The van der Waals surface area contributed by atoms with Crippen LogP contribution in [-0.2, 0) is 20.7 Å². The lowest BCUT2D eigenvalue weighted by Crippen LogP contribution is -2.45. The van der Waals surface area contributed by atoms with Crippen molar-refractivity contribution in [3.8, 4) is 5.75 Å². The molecule has 0 saturated carbocycles. The zero-order valence-electron chi connectivity index (χ0n) is 17.7. The molecule has 30 heavy (non-hydrogen) atoms. The van der Waals surface area contributed by atoms with Crippen molar-refractivity contribution in [2.45, 2.75) is 25.4 Å². The van der Waals surface area contributed by atoms with E-state index in [1.807, 2.05) is 55.4 Å². The van der Waals surface area contributed by atoms with Gasteiger partial charge in [0.25, 0.3) is 5.91 Å². The molecule has 7 heteroatoms. The van der Waals surface area contributed by atoms with Crippen LogP contribution in [0, 0.1) is 0 Å². The number of hydrogen-bond acceptors (Lipinski definition) is 5. The SMILES string of the molecule is COc1cccc([C@H]2Cc3cc(Cl)ccc3N(CCN(C)C)C(=O)[C@H]2OC(C)=O)c1. The van der Waals surface area contributed by atoms with Gasteiger partial charge in [0.2, 0.25) is 0 Å². The summed E-state index contributed by atoms with van der Waals surface area (Å²) in [6, 6.07) is 13.1. The number of amides is 1. The number of carbonyl (C=O) groups excluding carboxylic acids is 2. The molecule has 0 bridgehead atoms.